The lowest BCUT2D eigenvalue weighted by Gasteiger charge is -2.35. The number of ketones is 1. The quantitative estimate of drug-likeness (QED) is 0.0248. The summed E-state index contributed by atoms with van der Waals surface area (Å²) in [5.41, 5.74) is -0.647. The van der Waals surface area contributed by atoms with E-state index in [1.165, 1.54) is 128 Å². The minimum absolute atomic E-state index is 0. The van der Waals surface area contributed by atoms with Crippen LogP contribution in [-0.2, 0) is 20.0 Å². The van der Waals surface area contributed by atoms with Crippen molar-refractivity contribution in [3.05, 3.63) is 24.3 Å². The van der Waals surface area contributed by atoms with Crippen molar-refractivity contribution in [2.45, 2.75) is 207 Å². The first-order chi connectivity index (χ1) is 25.0. The van der Waals surface area contributed by atoms with Crippen LogP contribution in [0.2, 0.25) is 0 Å². The summed E-state index contributed by atoms with van der Waals surface area (Å²) in [6.07, 6.45) is 42.0. The normalized spacial score (nSPS) is 14.6. The van der Waals surface area contributed by atoms with Gasteiger partial charge in [0, 0.05) is 19.0 Å². The third-order valence-electron chi connectivity index (χ3n) is 10.1. The molecule has 0 saturated heterocycles. The van der Waals surface area contributed by atoms with Crippen LogP contribution in [0.1, 0.15) is 201 Å². The molecule has 7 N–H and O–H groups in total. The van der Waals surface area contributed by atoms with Crippen molar-refractivity contribution in [1.82, 2.24) is 16.8 Å². The first-order valence-corrected chi connectivity index (χ1v) is 22.5. The van der Waals surface area contributed by atoms with E-state index in [1.807, 2.05) is 13.8 Å². The number of nitrogens with zero attached hydrogens (tertiary/aromatic N) is 1. The zero-order valence-corrected chi connectivity index (χ0v) is 35.3. The van der Waals surface area contributed by atoms with Gasteiger partial charge in [-0.2, -0.15) is 8.42 Å². The fourth-order valence-electron chi connectivity index (χ4n) is 6.56. The van der Waals surface area contributed by atoms with E-state index in [2.05, 4.69) is 53.8 Å². The molecule has 0 saturated carbocycles. The smallest absolute Gasteiger partial charge is 0.366 e. The Kier molecular flexibility index (Phi) is 35.6. The van der Waals surface area contributed by atoms with Crippen molar-refractivity contribution in [1.29, 1.82) is 0 Å². The van der Waals surface area contributed by atoms with Gasteiger partial charge < -0.3 is 16.8 Å². The number of allylic oxidation sites excluding steroid dienone is 4. The number of carbonyl (C=O) groups excluding carboxylic acids is 2. The highest BCUT2D eigenvalue weighted by Gasteiger charge is 2.41. The molecule has 0 fully saturated rings. The molecule has 11 heteroatoms. The molecule has 0 aromatic rings. The average molecular weight is 771 g/mol. The fraction of sp³-hybridized carbons (Fsp3) is 0.833. The van der Waals surface area contributed by atoms with Crippen molar-refractivity contribution in [3.63, 3.8) is 0 Å². The molecule has 2 atom stereocenters. The minimum Gasteiger partial charge on any atom is -0.366 e. The Morgan fingerprint density at radius 2 is 1.09 bits per heavy atom. The monoisotopic (exact) mass is 771 g/mol. The largest absolute Gasteiger partial charge is 0.394 e. The van der Waals surface area contributed by atoms with Gasteiger partial charge in [0.2, 0.25) is 11.7 Å². The average Bonchev–Trinajstić information content (AvgIpc) is 3.64. The molecule has 0 aliphatic carbocycles. The summed E-state index contributed by atoms with van der Waals surface area (Å²) in [5, 5.41) is 6.39. The molecule has 0 bridgehead atoms. The second kappa shape index (κ2) is 35.6. The van der Waals surface area contributed by atoms with E-state index in [9.17, 15) is 9.59 Å². The van der Waals surface area contributed by atoms with E-state index < -0.39 is 15.8 Å². The van der Waals surface area contributed by atoms with Crippen molar-refractivity contribution in [2.24, 2.45) is 10.4 Å². The number of carbonyl (C=O) groups is 2. The summed E-state index contributed by atoms with van der Waals surface area (Å²) in [5.74, 6) is 0.631. The molecule has 0 aromatic carbocycles. The van der Waals surface area contributed by atoms with E-state index in [1.54, 1.807) is 0 Å². The first-order valence-electron chi connectivity index (χ1n) is 21.1. The molecule has 0 radical (unpaired) electrons. The fourth-order valence-corrected chi connectivity index (χ4v) is 6.56. The van der Waals surface area contributed by atoms with Crippen molar-refractivity contribution >= 4 is 27.9 Å². The van der Waals surface area contributed by atoms with E-state index >= 15 is 0 Å². The number of amides is 1. The molecule has 10 nitrogen and oxygen atoms in total. The molecule has 1 rings (SSSR count). The van der Waals surface area contributed by atoms with Gasteiger partial charge in [0.15, 0.2) is 5.84 Å². The van der Waals surface area contributed by atoms with E-state index in [4.69, 9.17) is 17.5 Å². The second-order valence-corrected chi connectivity index (χ2v) is 15.9. The van der Waals surface area contributed by atoms with Crippen LogP contribution in [0.5, 0.6) is 0 Å². The van der Waals surface area contributed by atoms with Gasteiger partial charge in [-0.05, 0) is 71.1 Å². The molecule has 0 spiro atoms. The van der Waals surface area contributed by atoms with E-state index in [0.29, 0.717) is 18.8 Å². The Hall–Kier alpha value is -2.08. The van der Waals surface area contributed by atoms with Gasteiger partial charge in [-0.25, -0.2) is 0 Å². The van der Waals surface area contributed by atoms with Crippen LogP contribution in [-0.4, -0.2) is 54.2 Å². The van der Waals surface area contributed by atoms with E-state index in [-0.39, 0.29) is 23.9 Å². The predicted octanol–water partition coefficient (Wildman–Crippen LogP) is 11.3. The standard InChI is InChI=1S/C42H77N3O2.H3N.H2O4S/c1-5-7-9-11-13-15-17-19-21-22-24-26-28-30-32-34-39(46)45-38(3)42(4,40(47)41-43-36-37-44-41)35-33-31-29-27-25-23-20-18-16-14-12-10-8-6-2;;1-5(2,3)4/h19-21,23,38H,5-18,22,24-37H2,1-4H3,(H,43,44)(H,45,46);1H3;(H2,1,2,3,4)/b21-19-,23-20-;;. The number of nitrogens with one attached hydrogen (secondary N) is 2. The van der Waals surface area contributed by atoms with Gasteiger partial charge in [-0.3, -0.25) is 23.7 Å². The third kappa shape index (κ3) is 33.0. The lowest BCUT2D eigenvalue weighted by molar-refractivity contribution is -0.126. The maximum atomic E-state index is 13.6. The Balaban J connectivity index is 0. The molecule has 1 amide bonds. The SMILES string of the molecule is CCCCCCCC/C=C\CCCCCCCC(=O)NC(C)C(C)(CCCCCC/C=C\CCCCCCCC)C(=O)C1=NCCN1.N.O=S(=O)(O)O. The molecule has 2 unspecified atom stereocenters. The molecular weight excluding hydrogens is 689 g/mol. The van der Waals surface area contributed by atoms with Crippen LogP contribution in [0.15, 0.2) is 29.3 Å². The predicted molar refractivity (Wildman–Crippen MR) is 225 cm³/mol. The second-order valence-electron chi connectivity index (χ2n) is 15.0. The Bertz CT molecular complexity index is 1090. The van der Waals surface area contributed by atoms with Gasteiger partial charge >= 0.3 is 10.4 Å². The van der Waals surface area contributed by atoms with Crippen LogP contribution in [0, 0.1) is 5.41 Å². The number of Topliss-reactive ketones (excluding diaryl/α,β-unsaturated/α-hetero) is 1. The number of hydrogen-bond donors (Lipinski definition) is 5. The number of amidine groups is 1. The van der Waals surface area contributed by atoms with Gasteiger partial charge in [-0.15, -0.1) is 0 Å². The van der Waals surface area contributed by atoms with Crippen LogP contribution in [0.3, 0.4) is 0 Å². The minimum atomic E-state index is -4.67. The van der Waals surface area contributed by atoms with Crippen LogP contribution in [0.25, 0.3) is 0 Å². The number of aliphatic imine (C=N–C) groups is 1. The summed E-state index contributed by atoms with van der Waals surface area (Å²) in [4.78, 5) is 30.9. The highest BCUT2D eigenvalue weighted by Crippen LogP contribution is 2.31. The molecule has 312 valence electrons. The summed E-state index contributed by atoms with van der Waals surface area (Å²) < 4.78 is 31.6. The highest BCUT2D eigenvalue weighted by molar-refractivity contribution is 7.79. The Morgan fingerprint density at radius 1 is 0.717 bits per heavy atom. The van der Waals surface area contributed by atoms with E-state index in [0.717, 1.165) is 45.1 Å². The van der Waals surface area contributed by atoms with Crippen molar-refractivity contribution in [3.8, 4) is 0 Å². The topological polar surface area (TPSA) is 180 Å². The first kappa shape index (κ1) is 53.0. The highest BCUT2D eigenvalue weighted by atomic mass is 32.3. The summed E-state index contributed by atoms with van der Waals surface area (Å²) in [6.45, 7) is 9.97. The van der Waals surface area contributed by atoms with Gasteiger partial charge in [0.05, 0.1) is 12.0 Å². The van der Waals surface area contributed by atoms with Gasteiger partial charge in [0.1, 0.15) is 0 Å². The summed E-state index contributed by atoms with van der Waals surface area (Å²) in [7, 11) is -4.67. The molecule has 1 aliphatic rings. The Labute approximate surface area is 325 Å². The molecule has 53 heavy (non-hydrogen) atoms. The lowest BCUT2D eigenvalue weighted by atomic mass is 9.74. The van der Waals surface area contributed by atoms with Gasteiger partial charge in [-0.1, -0.05) is 148 Å². The van der Waals surface area contributed by atoms with Crippen molar-refractivity contribution in [2.75, 3.05) is 13.1 Å². The van der Waals surface area contributed by atoms with Crippen molar-refractivity contribution < 1.29 is 27.1 Å². The Morgan fingerprint density at radius 3 is 1.49 bits per heavy atom. The zero-order valence-electron chi connectivity index (χ0n) is 34.5. The molecule has 0 aromatic heterocycles. The molecule has 1 aliphatic heterocycles. The number of rotatable bonds is 33. The molecular formula is C42H82N4O6S. The van der Waals surface area contributed by atoms with Crippen LogP contribution < -0.4 is 16.8 Å². The third-order valence-corrected chi connectivity index (χ3v) is 10.1. The number of hydrogen-bond acceptors (Lipinski definition) is 7. The van der Waals surface area contributed by atoms with Gasteiger partial charge in [0.25, 0.3) is 0 Å². The number of unbranched alkanes of at least 4 members (excludes halogenated alkanes) is 21. The lowest BCUT2D eigenvalue weighted by Crippen LogP contribution is -2.52. The maximum absolute atomic E-state index is 13.6. The zero-order chi connectivity index (χ0) is 38.8. The summed E-state index contributed by atoms with van der Waals surface area (Å²) in [6, 6.07) is -0.222. The summed E-state index contributed by atoms with van der Waals surface area (Å²) >= 11 is 0. The molecule has 1 heterocycles. The van der Waals surface area contributed by atoms with Crippen LogP contribution >= 0.6 is 0 Å². The maximum Gasteiger partial charge on any atom is 0.394 e. The van der Waals surface area contributed by atoms with Crippen LogP contribution in [0.4, 0.5) is 0 Å².